The number of primary amides is 1. The SMILES string of the molecule is COc1ccc(C(=O)OC(C)C(=O)Nc2ccc(C(N)=O)cc2)c(OC)c1OC. The molecule has 154 valence electrons. The minimum atomic E-state index is -1.10. The molecule has 0 fully saturated rings. The van der Waals surface area contributed by atoms with Gasteiger partial charge in [-0.05, 0) is 43.3 Å². The second-order valence-electron chi connectivity index (χ2n) is 5.86. The summed E-state index contributed by atoms with van der Waals surface area (Å²) in [6, 6.07) is 8.97. The van der Waals surface area contributed by atoms with Gasteiger partial charge in [0.05, 0.1) is 21.3 Å². The molecule has 2 aromatic carbocycles. The van der Waals surface area contributed by atoms with E-state index in [0.29, 0.717) is 17.0 Å². The molecular weight excluding hydrogens is 380 g/mol. The molecule has 9 heteroatoms. The van der Waals surface area contributed by atoms with Crippen LogP contribution in [0.4, 0.5) is 5.69 Å². The van der Waals surface area contributed by atoms with Crippen LogP contribution in [0.2, 0.25) is 0 Å². The maximum absolute atomic E-state index is 12.5. The summed E-state index contributed by atoms with van der Waals surface area (Å²) in [5, 5.41) is 2.59. The van der Waals surface area contributed by atoms with Gasteiger partial charge in [-0.25, -0.2) is 4.79 Å². The zero-order valence-electron chi connectivity index (χ0n) is 16.5. The van der Waals surface area contributed by atoms with E-state index in [1.54, 1.807) is 0 Å². The molecule has 0 aliphatic heterocycles. The van der Waals surface area contributed by atoms with Crippen LogP contribution in [0.5, 0.6) is 17.2 Å². The predicted octanol–water partition coefficient (Wildman–Crippen LogP) is 2.00. The molecule has 0 heterocycles. The highest BCUT2D eigenvalue weighted by Gasteiger charge is 2.25. The molecule has 0 saturated carbocycles. The normalized spacial score (nSPS) is 11.2. The molecule has 0 radical (unpaired) electrons. The second-order valence-corrected chi connectivity index (χ2v) is 5.86. The standard InChI is InChI=1S/C20H22N2O7/c1-11(19(24)22-13-7-5-12(6-8-13)18(21)23)29-20(25)14-9-10-15(26-2)17(28-4)16(14)27-3/h5-11H,1-4H3,(H2,21,23)(H,22,24). The van der Waals surface area contributed by atoms with Crippen molar-refractivity contribution in [3.63, 3.8) is 0 Å². The van der Waals surface area contributed by atoms with E-state index >= 15 is 0 Å². The van der Waals surface area contributed by atoms with Crippen molar-refractivity contribution in [1.82, 2.24) is 0 Å². The lowest BCUT2D eigenvalue weighted by Gasteiger charge is -2.17. The van der Waals surface area contributed by atoms with Crippen LogP contribution in [0, 0.1) is 0 Å². The Morgan fingerprint density at radius 2 is 1.52 bits per heavy atom. The van der Waals surface area contributed by atoms with Crippen LogP contribution in [-0.4, -0.2) is 45.2 Å². The molecule has 0 bridgehead atoms. The number of nitrogens with two attached hydrogens (primary N) is 1. The van der Waals surface area contributed by atoms with E-state index in [9.17, 15) is 14.4 Å². The van der Waals surface area contributed by atoms with Gasteiger partial charge in [0, 0.05) is 11.3 Å². The third-order valence-electron chi connectivity index (χ3n) is 4.01. The van der Waals surface area contributed by atoms with Gasteiger partial charge in [-0.3, -0.25) is 9.59 Å². The number of carbonyl (C=O) groups excluding carboxylic acids is 3. The van der Waals surface area contributed by atoms with Crippen molar-refractivity contribution in [3.05, 3.63) is 47.5 Å². The Hall–Kier alpha value is -3.75. The average Bonchev–Trinajstić information content (AvgIpc) is 2.72. The van der Waals surface area contributed by atoms with Gasteiger partial charge in [-0.15, -0.1) is 0 Å². The van der Waals surface area contributed by atoms with Crippen molar-refractivity contribution in [2.45, 2.75) is 13.0 Å². The highest BCUT2D eigenvalue weighted by Crippen LogP contribution is 2.40. The third-order valence-corrected chi connectivity index (χ3v) is 4.01. The van der Waals surface area contributed by atoms with Crippen LogP contribution in [0.3, 0.4) is 0 Å². The van der Waals surface area contributed by atoms with Gasteiger partial charge in [0.1, 0.15) is 5.56 Å². The van der Waals surface area contributed by atoms with Gasteiger partial charge >= 0.3 is 5.97 Å². The first-order chi connectivity index (χ1) is 13.8. The molecular formula is C20H22N2O7. The molecule has 1 atom stereocenters. The molecule has 2 rings (SSSR count). The van der Waals surface area contributed by atoms with Crippen molar-refractivity contribution < 1.29 is 33.3 Å². The number of hydrogen-bond acceptors (Lipinski definition) is 7. The van der Waals surface area contributed by atoms with Gasteiger partial charge in [0.15, 0.2) is 17.6 Å². The number of methoxy groups -OCH3 is 3. The molecule has 3 N–H and O–H groups in total. The Balaban J connectivity index is 2.11. The fraction of sp³-hybridized carbons (Fsp3) is 0.250. The Kier molecular flexibility index (Phi) is 7.02. The van der Waals surface area contributed by atoms with Crippen molar-refractivity contribution >= 4 is 23.5 Å². The summed E-state index contributed by atoms with van der Waals surface area (Å²) in [4.78, 5) is 36.0. The van der Waals surface area contributed by atoms with E-state index in [4.69, 9.17) is 24.7 Å². The number of benzene rings is 2. The largest absolute Gasteiger partial charge is 0.493 e. The minimum absolute atomic E-state index is 0.0793. The number of amides is 2. The molecule has 2 aromatic rings. The van der Waals surface area contributed by atoms with Gasteiger partial charge in [-0.1, -0.05) is 0 Å². The van der Waals surface area contributed by atoms with Gasteiger partial charge in [-0.2, -0.15) is 0 Å². The Morgan fingerprint density at radius 3 is 2.03 bits per heavy atom. The lowest BCUT2D eigenvalue weighted by molar-refractivity contribution is -0.123. The molecule has 2 amide bonds. The Morgan fingerprint density at radius 1 is 0.897 bits per heavy atom. The van der Waals surface area contributed by atoms with E-state index in [0.717, 1.165) is 0 Å². The summed E-state index contributed by atoms with van der Waals surface area (Å²) in [5.41, 5.74) is 5.99. The number of carbonyl (C=O) groups is 3. The zero-order chi connectivity index (χ0) is 21.6. The summed E-state index contributed by atoms with van der Waals surface area (Å²) in [6.07, 6.45) is -1.10. The molecule has 0 aromatic heterocycles. The van der Waals surface area contributed by atoms with E-state index < -0.39 is 23.9 Å². The maximum Gasteiger partial charge on any atom is 0.342 e. The van der Waals surface area contributed by atoms with Crippen molar-refractivity contribution in [2.24, 2.45) is 5.73 Å². The third kappa shape index (κ3) is 4.95. The van der Waals surface area contributed by atoms with Crippen LogP contribution >= 0.6 is 0 Å². The van der Waals surface area contributed by atoms with E-state index in [1.165, 1.54) is 64.7 Å². The van der Waals surface area contributed by atoms with Gasteiger partial charge in [0.2, 0.25) is 11.7 Å². The van der Waals surface area contributed by atoms with Crippen LogP contribution in [0.1, 0.15) is 27.6 Å². The monoisotopic (exact) mass is 402 g/mol. The number of rotatable bonds is 8. The lowest BCUT2D eigenvalue weighted by atomic mass is 10.1. The first-order valence-corrected chi connectivity index (χ1v) is 8.53. The number of hydrogen-bond donors (Lipinski definition) is 2. The highest BCUT2D eigenvalue weighted by atomic mass is 16.6. The van der Waals surface area contributed by atoms with Crippen LogP contribution in [0.25, 0.3) is 0 Å². The molecule has 0 spiro atoms. The number of anilines is 1. The fourth-order valence-electron chi connectivity index (χ4n) is 2.50. The first-order valence-electron chi connectivity index (χ1n) is 8.53. The molecule has 0 saturated heterocycles. The van der Waals surface area contributed by atoms with Crippen LogP contribution in [-0.2, 0) is 9.53 Å². The summed E-state index contributed by atoms with van der Waals surface area (Å²) in [5.74, 6) is -1.15. The molecule has 9 nitrogen and oxygen atoms in total. The van der Waals surface area contributed by atoms with Gasteiger partial charge in [0.25, 0.3) is 5.91 Å². The Bertz CT molecular complexity index is 910. The van der Waals surface area contributed by atoms with Crippen molar-refractivity contribution in [3.8, 4) is 17.2 Å². The predicted molar refractivity (Wildman–Crippen MR) is 105 cm³/mol. The molecule has 0 aliphatic carbocycles. The topological polar surface area (TPSA) is 126 Å². The Labute approximate surface area is 167 Å². The van der Waals surface area contributed by atoms with E-state index in [2.05, 4.69) is 5.32 Å². The van der Waals surface area contributed by atoms with E-state index in [1.807, 2.05) is 0 Å². The summed E-state index contributed by atoms with van der Waals surface area (Å²) < 4.78 is 20.9. The van der Waals surface area contributed by atoms with E-state index in [-0.39, 0.29) is 17.1 Å². The maximum atomic E-state index is 12.5. The first kappa shape index (κ1) is 21.5. The summed E-state index contributed by atoms with van der Waals surface area (Å²) in [7, 11) is 4.24. The molecule has 0 aliphatic rings. The summed E-state index contributed by atoms with van der Waals surface area (Å²) in [6.45, 7) is 1.43. The van der Waals surface area contributed by atoms with Gasteiger partial charge < -0.3 is 30.0 Å². The van der Waals surface area contributed by atoms with Crippen LogP contribution in [0.15, 0.2) is 36.4 Å². The quantitative estimate of drug-likeness (QED) is 0.647. The number of nitrogens with one attached hydrogen (secondary N) is 1. The molecule has 1 unspecified atom stereocenters. The fourth-order valence-corrected chi connectivity index (χ4v) is 2.50. The average molecular weight is 402 g/mol. The van der Waals surface area contributed by atoms with Crippen molar-refractivity contribution in [2.75, 3.05) is 26.6 Å². The van der Waals surface area contributed by atoms with Crippen LogP contribution < -0.4 is 25.3 Å². The second kappa shape index (κ2) is 9.45. The number of esters is 1. The lowest BCUT2D eigenvalue weighted by Crippen LogP contribution is -2.30. The van der Waals surface area contributed by atoms with Crippen molar-refractivity contribution in [1.29, 1.82) is 0 Å². The smallest absolute Gasteiger partial charge is 0.342 e. The number of ether oxygens (including phenoxy) is 4. The minimum Gasteiger partial charge on any atom is -0.493 e. The summed E-state index contributed by atoms with van der Waals surface area (Å²) >= 11 is 0. The highest BCUT2D eigenvalue weighted by molar-refractivity contribution is 5.99. The molecule has 29 heavy (non-hydrogen) atoms. The zero-order valence-corrected chi connectivity index (χ0v) is 16.5.